The minimum Gasteiger partial charge on any atom is -0.314 e. The van der Waals surface area contributed by atoms with E-state index < -0.39 is 10.0 Å². The van der Waals surface area contributed by atoms with Gasteiger partial charge >= 0.3 is 0 Å². The maximum Gasteiger partial charge on any atom is 0.214 e. The van der Waals surface area contributed by atoms with Crippen molar-refractivity contribution in [1.29, 1.82) is 0 Å². The normalized spacial score (nSPS) is 30.4. The summed E-state index contributed by atoms with van der Waals surface area (Å²) in [6.45, 7) is 3.24. The number of hydrogen-bond acceptors (Lipinski definition) is 3. The summed E-state index contributed by atoms with van der Waals surface area (Å²) in [5, 5.41) is 3.43. The van der Waals surface area contributed by atoms with Crippen LogP contribution in [0.15, 0.2) is 0 Å². The molecule has 2 saturated carbocycles. The maximum atomic E-state index is 11.8. The lowest BCUT2D eigenvalue weighted by atomic mass is 9.92. The first-order chi connectivity index (χ1) is 8.12. The molecule has 0 amide bonds. The number of nitrogens with one attached hydrogen (secondary N) is 2. The highest BCUT2D eigenvalue weighted by atomic mass is 32.2. The van der Waals surface area contributed by atoms with Gasteiger partial charge in [-0.15, -0.1) is 0 Å². The summed E-state index contributed by atoms with van der Waals surface area (Å²) in [4.78, 5) is 0. The van der Waals surface area contributed by atoms with Crippen LogP contribution < -0.4 is 10.0 Å². The highest BCUT2D eigenvalue weighted by Gasteiger charge is 2.37. The van der Waals surface area contributed by atoms with Gasteiger partial charge in [0, 0.05) is 12.1 Å². The predicted molar refractivity (Wildman–Crippen MR) is 69.4 cm³/mol. The average molecular weight is 260 g/mol. The Morgan fingerprint density at radius 2 is 1.59 bits per heavy atom. The largest absolute Gasteiger partial charge is 0.314 e. The molecule has 17 heavy (non-hydrogen) atoms. The Hall–Kier alpha value is -0.130. The maximum absolute atomic E-state index is 11.8. The van der Waals surface area contributed by atoms with Crippen molar-refractivity contribution < 1.29 is 8.42 Å². The molecule has 100 valence electrons. The van der Waals surface area contributed by atoms with Crippen molar-refractivity contribution >= 4 is 10.0 Å². The van der Waals surface area contributed by atoms with Gasteiger partial charge in [0.25, 0.3) is 0 Å². The molecule has 0 unspecified atom stereocenters. The first-order valence-electron chi connectivity index (χ1n) is 6.86. The molecule has 2 rings (SSSR count). The van der Waals surface area contributed by atoms with E-state index in [2.05, 4.69) is 17.0 Å². The van der Waals surface area contributed by atoms with Crippen molar-refractivity contribution in [3.63, 3.8) is 0 Å². The Balaban J connectivity index is 1.71. The fraction of sp³-hybridized carbons (Fsp3) is 1.00. The topological polar surface area (TPSA) is 58.2 Å². The van der Waals surface area contributed by atoms with Crippen molar-refractivity contribution in [2.45, 2.75) is 69.2 Å². The third kappa shape index (κ3) is 3.93. The summed E-state index contributed by atoms with van der Waals surface area (Å²) in [5.41, 5.74) is 0. The van der Waals surface area contributed by atoms with E-state index in [1.54, 1.807) is 0 Å². The minimum atomic E-state index is -2.99. The fourth-order valence-corrected chi connectivity index (χ4v) is 4.12. The monoisotopic (exact) mass is 260 g/mol. The van der Waals surface area contributed by atoms with Gasteiger partial charge < -0.3 is 5.32 Å². The van der Waals surface area contributed by atoms with Crippen LogP contribution in [0.4, 0.5) is 0 Å². The Kier molecular flexibility index (Phi) is 4.44. The van der Waals surface area contributed by atoms with Crippen LogP contribution in [0.1, 0.15) is 51.9 Å². The quantitative estimate of drug-likeness (QED) is 0.758. The lowest BCUT2D eigenvalue weighted by molar-refractivity contribution is 0.330. The minimum absolute atomic E-state index is 0.0848. The Morgan fingerprint density at radius 3 is 2.12 bits per heavy atom. The van der Waals surface area contributed by atoms with Crippen LogP contribution in [0.2, 0.25) is 0 Å². The SMILES string of the molecule is CCCNC1CCC(NS(=O)(=O)C2CC2)CC1. The van der Waals surface area contributed by atoms with Crippen LogP contribution in [-0.2, 0) is 10.0 Å². The van der Waals surface area contributed by atoms with Crippen molar-refractivity contribution in [1.82, 2.24) is 10.0 Å². The number of rotatable bonds is 6. The number of sulfonamides is 1. The van der Waals surface area contributed by atoms with Crippen LogP contribution >= 0.6 is 0 Å². The molecule has 0 radical (unpaired) electrons. The molecular formula is C12H24N2O2S. The molecule has 4 nitrogen and oxygen atoms in total. The first-order valence-corrected chi connectivity index (χ1v) is 8.41. The van der Waals surface area contributed by atoms with Gasteiger partial charge in [0.2, 0.25) is 10.0 Å². The Labute approximate surface area is 105 Å². The summed E-state index contributed by atoms with van der Waals surface area (Å²) < 4.78 is 26.5. The highest BCUT2D eigenvalue weighted by Crippen LogP contribution is 2.29. The molecule has 0 aromatic heterocycles. The van der Waals surface area contributed by atoms with E-state index in [-0.39, 0.29) is 11.3 Å². The second-order valence-electron chi connectivity index (χ2n) is 5.36. The third-order valence-corrected chi connectivity index (χ3v) is 5.72. The third-order valence-electron chi connectivity index (χ3n) is 3.70. The van der Waals surface area contributed by atoms with Gasteiger partial charge in [0.15, 0.2) is 0 Å². The zero-order chi connectivity index (χ0) is 12.3. The zero-order valence-electron chi connectivity index (χ0n) is 10.6. The molecule has 2 fully saturated rings. The second-order valence-corrected chi connectivity index (χ2v) is 7.36. The smallest absolute Gasteiger partial charge is 0.214 e. The van der Waals surface area contributed by atoms with Crippen molar-refractivity contribution in [2.75, 3.05) is 6.54 Å². The van der Waals surface area contributed by atoms with Gasteiger partial charge in [-0.3, -0.25) is 0 Å². The number of hydrogen-bond donors (Lipinski definition) is 2. The van der Waals surface area contributed by atoms with Gasteiger partial charge in [-0.25, -0.2) is 13.1 Å². The average Bonchev–Trinajstić information content (AvgIpc) is 3.12. The molecule has 0 saturated heterocycles. The van der Waals surface area contributed by atoms with E-state index in [0.717, 1.165) is 51.5 Å². The summed E-state index contributed by atoms with van der Waals surface area (Å²) >= 11 is 0. The van der Waals surface area contributed by atoms with E-state index in [4.69, 9.17) is 0 Å². The molecule has 2 N–H and O–H groups in total. The Bertz CT molecular complexity index is 330. The van der Waals surface area contributed by atoms with Gasteiger partial charge in [0.05, 0.1) is 5.25 Å². The first kappa shape index (κ1) is 13.3. The predicted octanol–water partition coefficient (Wildman–Crippen LogP) is 1.38. The highest BCUT2D eigenvalue weighted by molar-refractivity contribution is 7.90. The lowest BCUT2D eigenvalue weighted by Crippen LogP contribution is -2.43. The fourth-order valence-electron chi connectivity index (χ4n) is 2.47. The van der Waals surface area contributed by atoms with Crippen LogP contribution in [0.25, 0.3) is 0 Å². The van der Waals surface area contributed by atoms with Gasteiger partial charge in [-0.2, -0.15) is 0 Å². The molecule has 2 aliphatic carbocycles. The van der Waals surface area contributed by atoms with E-state index in [0.29, 0.717) is 6.04 Å². The summed E-state index contributed by atoms with van der Waals surface area (Å²) in [6.07, 6.45) is 7.01. The van der Waals surface area contributed by atoms with E-state index in [9.17, 15) is 8.42 Å². The van der Waals surface area contributed by atoms with Crippen LogP contribution in [0.5, 0.6) is 0 Å². The molecule has 0 spiro atoms. The molecule has 0 atom stereocenters. The summed E-state index contributed by atoms with van der Waals surface area (Å²) in [5.74, 6) is 0. The second kappa shape index (κ2) is 5.67. The van der Waals surface area contributed by atoms with Gasteiger partial charge in [-0.1, -0.05) is 6.92 Å². The lowest BCUT2D eigenvalue weighted by Gasteiger charge is -2.29. The molecule has 0 aromatic rings. The van der Waals surface area contributed by atoms with E-state index in [1.165, 1.54) is 0 Å². The summed E-state index contributed by atoms with van der Waals surface area (Å²) in [6, 6.07) is 0.775. The van der Waals surface area contributed by atoms with Crippen molar-refractivity contribution in [3.05, 3.63) is 0 Å². The van der Waals surface area contributed by atoms with Crippen LogP contribution in [-0.4, -0.2) is 32.3 Å². The van der Waals surface area contributed by atoms with E-state index in [1.807, 2.05) is 0 Å². The molecule has 2 aliphatic rings. The molecule has 0 bridgehead atoms. The van der Waals surface area contributed by atoms with Gasteiger partial charge in [0.1, 0.15) is 0 Å². The molecule has 0 aromatic carbocycles. The molecule has 5 heteroatoms. The Morgan fingerprint density at radius 1 is 1.00 bits per heavy atom. The standard InChI is InChI=1S/C12H24N2O2S/c1-2-9-13-10-3-5-11(6-4-10)14-17(15,16)12-7-8-12/h10-14H,2-9H2,1H3. The van der Waals surface area contributed by atoms with Gasteiger partial charge in [-0.05, 0) is 51.5 Å². The zero-order valence-corrected chi connectivity index (χ0v) is 11.4. The molecular weight excluding hydrogens is 236 g/mol. The summed E-state index contributed by atoms with van der Waals surface area (Å²) in [7, 11) is -2.99. The molecule has 0 aliphatic heterocycles. The van der Waals surface area contributed by atoms with Crippen molar-refractivity contribution in [2.24, 2.45) is 0 Å². The van der Waals surface area contributed by atoms with E-state index >= 15 is 0 Å². The van der Waals surface area contributed by atoms with Crippen LogP contribution in [0.3, 0.4) is 0 Å². The van der Waals surface area contributed by atoms with Crippen molar-refractivity contribution in [3.8, 4) is 0 Å². The van der Waals surface area contributed by atoms with Crippen LogP contribution in [0, 0.1) is 0 Å². The molecule has 0 heterocycles.